The first kappa shape index (κ1) is 69.9. The van der Waals surface area contributed by atoms with Crippen molar-refractivity contribution in [1.82, 2.24) is 10.2 Å². The summed E-state index contributed by atoms with van der Waals surface area (Å²) in [6.07, 6.45) is 9.91. The van der Waals surface area contributed by atoms with Crippen LogP contribution in [0.25, 0.3) is 0 Å². The number of nitrogens with two attached hydrogens (primary N) is 1. The van der Waals surface area contributed by atoms with Gasteiger partial charge >= 0.3 is 5.97 Å². The number of carbonyl (C=O) groups excluding carboxylic acids is 4. The molecular formula is C60H99N3O17S. The number of aliphatic hydroxyl groups excluding tert-OH is 2. The smallest absolute Gasteiger partial charge is 0.329 e. The van der Waals surface area contributed by atoms with Crippen LogP contribution in [0.1, 0.15) is 119 Å². The van der Waals surface area contributed by atoms with E-state index in [-0.39, 0.29) is 48.6 Å². The third kappa shape index (κ3) is 22.1. The van der Waals surface area contributed by atoms with Gasteiger partial charge in [0.2, 0.25) is 5.79 Å². The average molecular weight is 1170 g/mol. The summed E-state index contributed by atoms with van der Waals surface area (Å²) in [6.45, 7) is 14.5. The molecule has 3 heterocycles. The van der Waals surface area contributed by atoms with Crippen LogP contribution in [0.3, 0.4) is 0 Å². The Hall–Kier alpha value is -3.55. The predicted octanol–water partition coefficient (Wildman–Crippen LogP) is 5.26. The maximum absolute atomic E-state index is 14.7. The molecule has 2 bridgehead atoms. The summed E-state index contributed by atoms with van der Waals surface area (Å²) in [5, 5.41) is 38.0. The van der Waals surface area contributed by atoms with Crippen LogP contribution in [0.2, 0.25) is 0 Å². The molecule has 1 aliphatic carbocycles. The zero-order chi connectivity index (χ0) is 59.6. The van der Waals surface area contributed by atoms with Gasteiger partial charge in [-0.05, 0) is 113 Å². The molecular weight excluding hydrogens is 1070 g/mol. The zero-order valence-corrected chi connectivity index (χ0v) is 50.8. The molecule has 4 aliphatic rings. The van der Waals surface area contributed by atoms with Gasteiger partial charge in [0, 0.05) is 78.2 Å². The van der Waals surface area contributed by atoms with E-state index in [9.17, 15) is 34.5 Å². The number of rotatable bonds is 19. The molecule has 1 amide bonds. The van der Waals surface area contributed by atoms with E-state index in [4.69, 9.17) is 65.3 Å². The van der Waals surface area contributed by atoms with Crippen molar-refractivity contribution in [2.75, 3.05) is 87.8 Å². The number of aliphatic hydroxyl groups is 3. The summed E-state index contributed by atoms with van der Waals surface area (Å²) in [5.74, 6) is -7.64. The second-order valence-electron chi connectivity index (χ2n) is 22.6. The number of Topliss-reactive ketones (excluding diaryl/α,β-unsaturated/α-hetero) is 2. The monoisotopic (exact) mass is 1170 g/mol. The van der Waals surface area contributed by atoms with E-state index < -0.39 is 95.7 Å². The Morgan fingerprint density at radius 1 is 0.778 bits per heavy atom. The number of allylic oxidation sites excluding steroid dienone is 5. The number of hydrogen-bond acceptors (Lipinski definition) is 19. The van der Waals surface area contributed by atoms with Gasteiger partial charge in [0.05, 0.1) is 70.7 Å². The number of piperidine rings is 1. The number of carbonyl (C=O) groups is 4. The molecule has 0 aromatic carbocycles. The van der Waals surface area contributed by atoms with E-state index in [0.717, 1.165) is 5.57 Å². The Balaban J connectivity index is 1.55. The third-order valence-electron chi connectivity index (χ3n) is 16.4. The first-order valence-electron chi connectivity index (χ1n) is 29.3. The predicted molar refractivity (Wildman–Crippen MR) is 309 cm³/mol. The average Bonchev–Trinajstić information content (AvgIpc) is 3.57. The lowest BCUT2D eigenvalue weighted by Gasteiger charge is -2.43. The van der Waals surface area contributed by atoms with E-state index >= 15 is 0 Å². The van der Waals surface area contributed by atoms with Crippen molar-refractivity contribution in [3.63, 3.8) is 0 Å². The molecule has 81 heavy (non-hydrogen) atoms. The van der Waals surface area contributed by atoms with Crippen LogP contribution in [-0.2, 0) is 66.5 Å². The van der Waals surface area contributed by atoms with Crippen LogP contribution in [0.4, 0.5) is 0 Å². The van der Waals surface area contributed by atoms with E-state index in [1.54, 1.807) is 48.2 Å². The Labute approximate surface area is 487 Å². The van der Waals surface area contributed by atoms with Gasteiger partial charge in [-0.1, -0.05) is 64.2 Å². The van der Waals surface area contributed by atoms with Gasteiger partial charge in [-0.2, -0.15) is 0 Å². The SMILES string of the molecule is COCCOCCOCCOCCNC(=S)O[C@@H]1CCC(C[C@@H](N)[C@@H]2C[C@@H](OC)[C@H](C)/C=C(\C)[C@@H](O)[C@@H](O)C(=O)[C@H](C)C[C@H](C)/C=C/C=C/C=C(\C)[C@@H](OC)C[C@@H]3CC[C@@H](C)[C@@](O)(O3)C(=O)C(=O)N3CCCC[C@H]3C(=O)O2)C[C@H]1OC. The fourth-order valence-corrected chi connectivity index (χ4v) is 11.5. The number of methoxy groups -OCH3 is 4. The van der Waals surface area contributed by atoms with Crippen molar-refractivity contribution in [1.29, 1.82) is 0 Å². The number of thiocarbonyl (C=S) groups is 1. The summed E-state index contributed by atoms with van der Waals surface area (Å²) in [6, 6.07) is -1.92. The lowest BCUT2D eigenvalue weighted by molar-refractivity contribution is -0.265. The van der Waals surface area contributed by atoms with Crippen LogP contribution in [-0.4, -0.2) is 203 Å². The number of esters is 1. The van der Waals surface area contributed by atoms with Crippen molar-refractivity contribution >= 4 is 40.8 Å². The molecule has 6 N–H and O–H groups in total. The highest BCUT2D eigenvalue weighted by Crippen LogP contribution is 2.38. The molecule has 2 saturated heterocycles. The van der Waals surface area contributed by atoms with Crippen LogP contribution in [0.15, 0.2) is 47.6 Å². The zero-order valence-electron chi connectivity index (χ0n) is 50.0. The standard InChI is InChI=1S/C60H99N3O17S/c1-38-16-12-11-13-17-39(2)49(72-8)36-45-21-19-43(6)60(70,80-45)56(67)57(68)63-24-15-14-18-47(63)58(69)78-51(37-50(73-9)40(3)33-42(5)54(65)55(66)53(64)41(4)32-38)46(61)34-44-20-22-48(52(35-44)74-10)79-59(81)62-23-25-75-28-29-77-31-30-76-27-26-71-7/h11-13,16-17,33,38,40-41,43-52,54-55,65-66,70H,14-15,18-32,34-37,61H2,1-10H3,(H,62,81)/b13-11+,16-12+,39-17+,42-33+/t38-,40-,41-,43-,44?,45+,46-,47+,48-,49+,50-,51+,52-,54-,55+,60-/m1/s1. The largest absolute Gasteiger partial charge is 0.465 e. The van der Waals surface area contributed by atoms with Gasteiger partial charge in [0.1, 0.15) is 30.5 Å². The Bertz CT molecular complexity index is 2080. The summed E-state index contributed by atoms with van der Waals surface area (Å²) >= 11 is 5.54. The fraction of sp³-hybridized carbons (Fsp3) is 0.783. The quantitative estimate of drug-likeness (QED) is 0.0363. The molecule has 21 heteroatoms. The minimum absolute atomic E-state index is 0.00619. The van der Waals surface area contributed by atoms with Gasteiger partial charge in [0.15, 0.2) is 5.78 Å². The Morgan fingerprint density at radius 3 is 2.12 bits per heavy atom. The molecule has 1 saturated carbocycles. The van der Waals surface area contributed by atoms with Gasteiger partial charge < -0.3 is 78.6 Å². The molecule has 20 nitrogen and oxygen atoms in total. The van der Waals surface area contributed by atoms with E-state index in [0.29, 0.717) is 123 Å². The fourth-order valence-electron chi connectivity index (χ4n) is 11.3. The number of nitrogens with zero attached hydrogens (tertiary/aromatic N) is 1. The summed E-state index contributed by atoms with van der Waals surface area (Å²) < 4.78 is 58.2. The molecule has 3 fully saturated rings. The molecule has 4 rings (SSSR count). The highest BCUT2D eigenvalue weighted by Gasteiger charge is 2.53. The molecule has 16 atom stereocenters. The molecule has 1 unspecified atom stereocenters. The maximum Gasteiger partial charge on any atom is 0.329 e. The topological polar surface area (TPSA) is 263 Å². The Kier molecular flexibility index (Phi) is 31.4. The van der Waals surface area contributed by atoms with E-state index in [1.165, 1.54) is 12.0 Å². The van der Waals surface area contributed by atoms with Crippen molar-refractivity contribution in [2.45, 2.75) is 185 Å². The highest BCUT2D eigenvalue weighted by atomic mass is 32.1. The minimum atomic E-state index is -2.45. The Morgan fingerprint density at radius 2 is 1.46 bits per heavy atom. The van der Waals surface area contributed by atoms with Crippen LogP contribution >= 0.6 is 12.2 Å². The highest BCUT2D eigenvalue weighted by molar-refractivity contribution is 7.80. The first-order valence-corrected chi connectivity index (χ1v) is 29.7. The number of fused-ring (bicyclic) bond motifs is 3. The number of hydrogen-bond donors (Lipinski definition) is 5. The minimum Gasteiger partial charge on any atom is -0.465 e. The molecule has 0 aromatic rings. The summed E-state index contributed by atoms with van der Waals surface area (Å²) in [4.78, 5) is 58.3. The number of nitrogens with one attached hydrogen (secondary N) is 1. The molecule has 3 aliphatic heterocycles. The second kappa shape index (κ2) is 36.3. The van der Waals surface area contributed by atoms with Crippen LogP contribution in [0, 0.1) is 29.6 Å². The van der Waals surface area contributed by atoms with Crippen molar-refractivity contribution in [3.8, 4) is 0 Å². The van der Waals surface area contributed by atoms with Gasteiger partial charge in [-0.25, -0.2) is 4.79 Å². The summed E-state index contributed by atoms with van der Waals surface area (Å²) in [7, 11) is 6.33. The lowest BCUT2D eigenvalue weighted by atomic mass is 9.80. The molecule has 462 valence electrons. The third-order valence-corrected chi connectivity index (χ3v) is 16.6. The number of ether oxygens (including phenoxy) is 10. The molecule has 0 radical (unpaired) electrons. The van der Waals surface area contributed by atoms with E-state index in [1.807, 2.05) is 51.2 Å². The van der Waals surface area contributed by atoms with Crippen molar-refractivity contribution in [2.24, 2.45) is 35.3 Å². The van der Waals surface area contributed by atoms with Crippen molar-refractivity contribution in [3.05, 3.63) is 47.6 Å². The van der Waals surface area contributed by atoms with Gasteiger partial charge in [-0.15, -0.1) is 0 Å². The normalized spacial score (nSPS) is 35.6. The maximum atomic E-state index is 14.7. The molecule has 0 aromatic heterocycles. The lowest BCUT2D eigenvalue weighted by Crippen LogP contribution is -2.61. The number of amides is 1. The van der Waals surface area contributed by atoms with Crippen molar-refractivity contribution < 1.29 is 81.9 Å². The number of ketones is 2. The summed E-state index contributed by atoms with van der Waals surface area (Å²) in [5.41, 5.74) is 8.35. The van der Waals surface area contributed by atoms with Crippen LogP contribution in [0.5, 0.6) is 0 Å². The van der Waals surface area contributed by atoms with Gasteiger partial charge in [-0.3, -0.25) is 14.4 Å². The van der Waals surface area contributed by atoms with Crippen LogP contribution < -0.4 is 11.1 Å². The van der Waals surface area contributed by atoms with Gasteiger partial charge in [0.25, 0.3) is 16.9 Å². The second-order valence-corrected chi connectivity index (χ2v) is 23.0. The van der Waals surface area contributed by atoms with E-state index in [2.05, 4.69) is 5.32 Å². The molecule has 0 spiro atoms. The number of cyclic esters (lactones) is 1. The first-order chi connectivity index (χ1) is 38.7.